The van der Waals surface area contributed by atoms with Gasteiger partial charge in [0.25, 0.3) is 0 Å². The molecule has 0 spiro atoms. The molecule has 0 bridgehead atoms. The van der Waals surface area contributed by atoms with Crippen LogP contribution in [-0.2, 0) is 17.8 Å². The molecule has 0 saturated carbocycles. The van der Waals surface area contributed by atoms with E-state index in [0.29, 0.717) is 37.0 Å². The van der Waals surface area contributed by atoms with Gasteiger partial charge in [-0.3, -0.25) is 0 Å². The van der Waals surface area contributed by atoms with Crippen LogP contribution in [0.15, 0.2) is 42.5 Å². The Kier molecular flexibility index (Phi) is 11.1. The third-order valence-corrected chi connectivity index (χ3v) is 5.85. The number of aliphatic hydroxyl groups is 1. The number of halogens is 1. The summed E-state index contributed by atoms with van der Waals surface area (Å²) in [7, 11) is 4.76. The van der Waals surface area contributed by atoms with Crippen LogP contribution in [0.3, 0.4) is 0 Å². The molecule has 2 aromatic carbocycles. The van der Waals surface area contributed by atoms with E-state index in [0.717, 1.165) is 31.0 Å². The van der Waals surface area contributed by atoms with Crippen LogP contribution in [0.25, 0.3) is 0 Å². The predicted octanol–water partition coefficient (Wildman–Crippen LogP) is 0.549. The normalized spacial score (nSPS) is 15.6. The Hall–Kier alpha value is -1.99. The molecule has 0 aliphatic carbocycles. The summed E-state index contributed by atoms with van der Waals surface area (Å²) in [6.45, 7) is 3.36. The number of aliphatic hydroxyl groups excluding tert-OH is 1. The van der Waals surface area contributed by atoms with Gasteiger partial charge < -0.3 is 41.4 Å². The minimum Gasteiger partial charge on any atom is -1.00 e. The highest BCUT2D eigenvalue weighted by Crippen LogP contribution is 2.38. The number of β-amino-alcohol motifs (C(OH)–C–C–N with tert-alkyl or cyclic N) is 1. The number of benzene rings is 2. The second-order valence-electron chi connectivity index (χ2n) is 8.14. The van der Waals surface area contributed by atoms with Crippen molar-refractivity contribution in [1.29, 1.82) is 0 Å². The van der Waals surface area contributed by atoms with Gasteiger partial charge in [0, 0.05) is 6.54 Å². The van der Waals surface area contributed by atoms with E-state index in [-0.39, 0.29) is 12.4 Å². The van der Waals surface area contributed by atoms with Crippen molar-refractivity contribution in [1.82, 2.24) is 4.90 Å². The van der Waals surface area contributed by atoms with Crippen molar-refractivity contribution in [3.8, 4) is 17.2 Å². The maximum absolute atomic E-state index is 10.4. The average Bonchev–Trinajstić information content (AvgIpc) is 2.80. The van der Waals surface area contributed by atoms with Crippen molar-refractivity contribution < 1.29 is 36.5 Å². The van der Waals surface area contributed by atoms with E-state index in [9.17, 15) is 5.11 Å². The number of hydrogen-bond donors (Lipinski definition) is 1. The molecular formula is C25H35ClNO5-. The average molecular weight is 465 g/mol. The Bertz CT molecular complexity index is 771. The van der Waals surface area contributed by atoms with Crippen LogP contribution in [0.1, 0.15) is 24.0 Å². The van der Waals surface area contributed by atoms with Gasteiger partial charge in [0.05, 0.1) is 40.6 Å². The number of rotatable bonds is 11. The van der Waals surface area contributed by atoms with E-state index in [2.05, 4.69) is 35.2 Å². The summed E-state index contributed by atoms with van der Waals surface area (Å²) in [6, 6.07) is 14.4. The SMILES string of the molecule is COc1cc(COCC(O)CN2CCC(Cc3ccccc3)CC2)cc(OC)c1OC.[Cl-]. The molecule has 1 fully saturated rings. The molecule has 6 nitrogen and oxygen atoms in total. The molecule has 178 valence electrons. The summed E-state index contributed by atoms with van der Waals surface area (Å²) >= 11 is 0. The zero-order chi connectivity index (χ0) is 22.1. The Morgan fingerprint density at radius 2 is 1.56 bits per heavy atom. The van der Waals surface area contributed by atoms with Crippen molar-refractivity contribution in [2.45, 2.75) is 32.0 Å². The summed E-state index contributed by atoms with van der Waals surface area (Å²) < 4.78 is 21.9. The van der Waals surface area contributed by atoms with E-state index >= 15 is 0 Å². The monoisotopic (exact) mass is 464 g/mol. The second-order valence-corrected chi connectivity index (χ2v) is 8.14. The largest absolute Gasteiger partial charge is 1.00 e. The van der Waals surface area contributed by atoms with Gasteiger partial charge in [0.2, 0.25) is 5.75 Å². The van der Waals surface area contributed by atoms with Crippen LogP contribution in [0, 0.1) is 5.92 Å². The lowest BCUT2D eigenvalue weighted by molar-refractivity contribution is -0.0000166. The zero-order valence-electron chi connectivity index (χ0n) is 19.3. The predicted molar refractivity (Wildman–Crippen MR) is 121 cm³/mol. The zero-order valence-corrected chi connectivity index (χ0v) is 20.0. The molecule has 7 heteroatoms. The van der Waals surface area contributed by atoms with E-state index in [4.69, 9.17) is 18.9 Å². The summed E-state index contributed by atoms with van der Waals surface area (Å²) in [5.41, 5.74) is 2.32. The molecule has 1 heterocycles. The fourth-order valence-electron chi connectivity index (χ4n) is 4.20. The molecule has 2 aromatic rings. The number of piperidine rings is 1. The smallest absolute Gasteiger partial charge is 0.203 e. The van der Waals surface area contributed by atoms with Crippen molar-refractivity contribution in [3.63, 3.8) is 0 Å². The molecule has 0 aromatic heterocycles. The number of ether oxygens (including phenoxy) is 4. The number of nitrogens with zero attached hydrogens (tertiary/aromatic N) is 1. The first-order valence-electron chi connectivity index (χ1n) is 10.9. The van der Waals surface area contributed by atoms with E-state index in [1.165, 1.54) is 18.4 Å². The van der Waals surface area contributed by atoms with Crippen LogP contribution < -0.4 is 26.6 Å². The minimum absolute atomic E-state index is 0. The molecular weight excluding hydrogens is 430 g/mol. The third kappa shape index (κ3) is 7.55. The Labute approximate surface area is 197 Å². The van der Waals surface area contributed by atoms with Crippen LogP contribution in [0.2, 0.25) is 0 Å². The van der Waals surface area contributed by atoms with E-state index in [1.807, 2.05) is 12.1 Å². The minimum atomic E-state index is -0.507. The molecule has 3 rings (SSSR count). The lowest BCUT2D eigenvalue weighted by Gasteiger charge is -2.33. The number of likely N-dealkylation sites (tertiary alicyclic amines) is 1. The Balaban J connectivity index is 0.00000363. The molecule has 0 amide bonds. The Morgan fingerprint density at radius 3 is 2.12 bits per heavy atom. The highest BCUT2D eigenvalue weighted by Gasteiger charge is 2.21. The Morgan fingerprint density at radius 1 is 0.938 bits per heavy atom. The van der Waals surface area contributed by atoms with Gasteiger partial charge in [-0.15, -0.1) is 0 Å². The summed E-state index contributed by atoms with van der Waals surface area (Å²) in [6.07, 6.45) is 2.99. The van der Waals surface area contributed by atoms with Crippen molar-refractivity contribution >= 4 is 0 Å². The second kappa shape index (κ2) is 13.5. The maximum Gasteiger partial charge on any atom is 0.203 e. The van der Waals surface area contributed by atoms with Gasteiger partial charge in [0.15, 0.2) is 11.5 Å². The topological polar surface area (TPSA) is 60.4 Å². The summed E-state index contributed by atoms with van der Waals surface area (Å²) in [5.74, 6) is 2.48. The van der Waals surface area contributed by atoms with Gasteiger partial charge in [0.1, 0.15) is 0 Å². The standard InChI is InChI=1S/C25H35NO5.ClH/c1-28-23-14-21(15-24(29-2)25(23)30-3)17-31-18-22(27)16-26-11-9-20(10-12-26)13-19-7-5-4-6-8-19;/h4-8,14-15,20,22,27H,9-13,16-18H2,1-3H3;1H/p-1. The fraction of sp³-hybridized carbons (Fsp3) is 0.520. The van der Waals surface area contributed by atoms with Crippen molar-refractivity contribution in [2.75, 3.05) is 47.6 Å². The van der Waals surface area contributed by atoms with Crippen molar-refractivity contribution in [3.05, 3.63) is 53.6 Å². The van der Waals surface area contributed by atoms with Crippen LogP contribution in [0.5, 0.6) is 17.2 Å². The lowest BCUT2D eigenvalue weighted by Crippen LogP contribution is -3.00. The van der Waals surface area contributed by atoms with E-state index in [1.54, 1.807) is 21.3 Å². The molecule has 1 N–H and O–H groups in total. The van der Waals surface area contributed by atoms with Crippen molar-refractivity contribution in [2.24, 2.45) is 5.92 Å². The van der Waals surface area contributed by atoms with Gasteiger partial charge in [-0.1, -0.05) is 30.3 Å². The summed E-state index contributed by atoms with van der Waals surface area (Å²) in [4.78, 5) is 2.34. The number of methoxy groups -OCH3 is 3. The molecule has 32 heavy (non-hydrogen) atoms. The van der Waals surface area contributed by atoms with Gasteiger partial charge in [-0.25, -0.2) is 0 Å². The first kappa shape index (κ1) is 26.3. The quantitative estimate of drug-likeness (QED) is 0.524. The van der Waals surface area contributed by atoms with Crippen LogP contribution >= 0.6 is 0 Å². The van der Waals surface area contributed by atoms with Gasteiger partial charge in [-0.05, 0) is 61.5 Å². The van der Waals surface area contributed by atoms with Gasteiger partial charge in [-0.2, -0.15) is 0 Å². The highest BCUT2D eigenvalue weighted by molar-refractivity contribution is 5.53. The van der Waals surface area contributed by atoms with Crippen LogP contribution in [0.4, 0.5) is 0 Å². The molecule has 1 atom stereocenters. The molecule has 0 radical (unpaired) electrons. The maximum atomic E-state index is 10.4. The number of hydrogen-bond acceptors (Lipinski definition) is 6. The fourth-order valence-corrected chi connectivity index (χ4v) is 4.20. The van der Waals surface area contributed by atoms with E-state index < -0.39 is 6.10 Å². The molecule has 1 unspecified atom stereocenters. The molecule has 1 aliphatic rings. The first-order chi connectivity index (χ1) is 15.1. The lowest BCUT2D eigenvalue weighted by atomic mass is 9.90. The van der Waals surface area contributed by atoms with Gasteiger partial charge >= 0.3 is 0 Å². The van der Waals surface area contributed by atoms with Crippen LogP contribution in [-0.4, -0.2) is 63.7 Å². The molecule has 1 saturated heterocycles. The summed E-state index contributed by atoms with van der Waals surface area (Å²) in [5, 5.41) is 10.4. The molecule has 1 aliphatic heterocycles. The third-order valence-electron chi connectivity index (χ3n) is 5.85. The highest BCUT2D eigenvalue weighted by atomic mass is 35.5. The first-order valence-corrected chi connectivity index (χ1v) is 10.9.